The lowest BCUT2D eigenvalue weighted by Crippen LogP contribution is -2.36. The van der Waals surface area contributed by atoms with E-state index in [0.29, 0.717) is 17.9 Å². The van der Waals surface area contributed by atoms with Gasteiger partial charge in [-0.05, 0) is 48.7 Å². The molecule has 1 amide bonds. The highest BCUT2D eigenvalue weighted by atomic mass is 19.1. The van der Waals surface area contributed by atoms with Gasteiger partial charge < -0.3 is 14.1 Å². The Balaban J connectivity index is 1.43. The van der Waals surface area contributed by atoms with E-state index in [1.807, 2.05) is 0 Å². The second-order valence-corrected chi connectivity index (χ2v) is 6.62. The van der Waals surface area contributed by atoms with Gasteiger partial charge in [-0.3, -0.25) is 4.79 Å². The molecule has 1 aromatic heterocycles. The lowest BCUT2D eigenvalue weighted by molar-refractivity contribution is -0.134. The van der Waals surface area contributed by atoms with E-state index in [1.165, 1.54) is 18.2 Å². The molecule has 0 aliphatic heterocycles. The van der Waals surface area contributed by atoms with Crippen LogP contribution < -0.4 is 10.4 Å². The summed E-state index contributed by atoms with van der Waals surface area (Å²) in [4.78, 5) is 25.7. The molecular weight excluding hydrogens is 349 g/mol. The number of benzene rings is 2. The van der Waals surface area contributed by atoms with E-state index >= 15 is 0 Å². The van der Waals surface area contributed by atoms with E-state index in [4.69, 9.17) is 9.15 Å². The smallest absolute Gasteiger partial charge is 0.336 e. The molecule has 0 N–H and O–H groups in total. The van der Waals surface area contributed by atoms with Crippen molar-refractivity contribution in [3.8, 4) is 5.75 Å². The molecule has 0 spiro atoms. The molecule has 0 atom stereocenters. The van der Waals surface area contributed by atoms with Crippen LogP contribution in [0, 0.1) is 5.82 Å². The number of nitrogens with zero attached hydrogens (tertiary/aromatic N) is 1. The number of rotatable bonds is 6. The molecule has 0 unspecified atom stereocenters. The monoisotopic (exact) mass is 367 g/mol. The zero-order valence-corrected chi connectivity index (χ0v) is 14.6. The van der Waals surface area contributed by atoms with E-state index in [1.54, 1.807) is 41.3 Å². The minimum absolute atomic E-state index is 0.111. The van der Waals surface area contributed by atoms with Crippen LogP contribution in [-0.4, -0.2) is 23.5 Å². The molecule has 1 saturated carbocycles. The van der Waals surface area contributed by atoms with Gasteiger partial charge in [0.1, 0.15) is 17.1 Å². The Bertz CT molecular complexity index is 1020. The number of ether oxygens (including phenoxy) is 1. The summed E-state index contributed by atoms with van der Waals surface area (Å²) in [5.74, 6) is 0.0357. The van der Waals surface area contributed by atoms with Crippen LogP contribution in [0.15, 0.2) is 63.8 Å². The predicted molar refractivity (Wildman–Crippen MR) is 98.0 cm³/mol. The molecule has 4 rings (SSSR count). The molecule has 0 saturated heterocycles. The van der Waals surface area contributed by atoms with E-state index < -0.39 is 5.63 Å². The number of amides is 1. The predicted octanol–water partition coefficient (Wildman–Crippen LogP) is 3.50. The Morgan fingerprint density at radius 3 is 2.59 bits per heavy atom. The van der Waals surface area contributed by atoms with Gasteiger partial charge in [-0.25, -0.2) is 9.18 Å². The van der Waals surface area contributed by atoms with Crippen molar-refractivity contribution in [1.82, 2.24) is 4.90 Å². The molecule has 5 nitrogen and oxygen atoms in total. The summed E-state index contributed by atoms with van der Waals surface area (Å²) >= 11 is 0. The molecule has 0 bridgehead atoms. The summed E-state index contributed by atoms with van der Waals surface area (Å²) in [6.07, 6.45) is 1.93. The Morgan fingerprint density at radius 2 is 1.85 bits per heavy atom. The fourth-order valence-corrected chi connectivity index (χ4v) is 2.95. The molecule has 0 radical (unpaired) electrons. The summed E-state index contributed by atoms with van der Waals surface area (Å²) in [5, 5.41) is 0.782. The first-order chi connectivity index (χ1) is 13.1. The van der Waals surface area contributed by atoms with Crippen molar-refractivity contribution in [3.05, 3.63) is 76.4 Å². The van der Waals surface area contributed by atoms with Crippen LogP contribution in [0.4, 0.5) is 4.39 Å². The van der Waals surface area contributed by atoms with Crippen molar-refractivity contribution in [2.24, 2.45) is 0 Å². The van der Waals surface area contributed by atoms with Gasteiger partial charge in [-0.1, -0.05) is 12.1 Å². The maximum atomic E-state index is 13.1. The van der Waals surface area contributed by atoms with Gasteiger partial charge in [-0.15, -0.1) is 0 Å². The summed E-state index contributed by atoms with van der Waals surface area (Å²) in [6, 6.07) is 14.5. The van der Waals surface area contributed by atoms with Crippen molar-refractivity contribution in [3.63, 3.8) is 0 Å². The number of hydrogen-bond acceptors (Lipinski definition) is 4. The summed E-state index contributed by atoms with van der Waals surface area (Å²) in [6.45, 7) is 0.319. The molecule has 27 heavy (non-hydrogen) atoms. The molecule has 6 heteroatoms. The van der Waals surface area contributed by atoms with Crippen LogP contribution in [-0.2, 0) is 11.3 Å². The van der Waals surface area contributed by atoms with E-state index in [0.717, 1.165) is 23.8 Å². The van der Waals surface area contributed by atoms with E-state index in [9.17, 15) is 14.0 Å². The van der Waals surface area contributed by atoms with Crippen molar-refractivity contribution >= 4 is 16.9 Å². The standard InChI is InChI=1S/C21H18FNO4/c22-16-5-1-14(2-6-16)12-23(17-7-8-17)20(24)13-26-18-9-3-15-4-10-21(25)27-19(15)11-18/h1-6,9-11,17H,7-8,12-13H2. The van der Waals surface area contributed by atoms with Crippen LogP contribution in [0.1, 0.15) is 18.4 Å². The third kappa shape index (κ3) is 4.16. The van der Waals surface area contributed by atoms with Crippen LogP contribution >= 0.6 is 0 Å². The number of hydrogen-bond donors (Lipinski definition) is 0. The fraction of sp³-hybridized carbons (Fsp3) is 0.238. The minimum Gasteiger partial charge on any atom is -0.484 e. The van der Waals surface area contributed by atoms with Gasteiger partial charge in [0.05, 0.1) is 0 Å². The van der Waals surface area contributed by atoms with Crippen LogP contribution in [0.2, 0.25) is 0 Å². The lowest BCUT2D eigenvalue weighted by Gasteiger charge is -2.22. The Hall–Kier alpha value is -3.15. The van der Waals surface area contributed by atoms with Gasteiger partial charge >= 0.3 is 5.63 Å². The van der Waals surface area contributed by atoms with Gasteiger partial charge in [-0.2, -0.15) is 0 Å². The molecule has 1 aliphatic rings. The Morgan fingerprint density at radius 1 is 1.11 bits per heavy atom. The van der Waals surface area contributed by atoms with Crippen molar-refractivity contribution in [2.45, 2.75) is 25.4 Å². The fourth-order valence-electron chi connectivity index (χ4n) is 2.95. The van der Waals surface area contributed by atoms with Crippen molar-refractivity contribution < 1.29 is 18.3 Å². The molecule has 1 fully saturated rings. The van der Waals surface area contributed by atoms with E-state index in [-0.39, 0.29) is 24.4 Å². The van der Waals surface area contributed by atoms with Gasteiger partial charge in [0.25, 0.3) is 5.91 Å². The minimum atomic E-state index is -0.435. The topological polar surface area (TPSA) is 59.8 Å². The first kappa shape index (κ1) is 17.3. The lowest BCUT2D eigenvalue weighted by atomic mass is 10.2. The zero-order chi connectivity index (χ0) is 18.8. The zero-order valence-electron chi connectivity index (χ0n) is 14.6. The average Bonchev–Trinajstić information content (AvgIpc) is 3.50. The summed E-state index contributed by atoms with van der Waals surface area (Å²) in [5.41, 5.74) is 0.858. The first-order valence-corrected chi connectivity index (χ1v) is 8.79. The highest BCUT2D eigenvalue weighted by molar-refractivity contribution is 5.80. The third-order valence-electron chi connectivity index (χ3n) is 4.53. The van der Waals surface area contributed by atoms with Crippen molar-refractivity contribution in [2.75, 3.05) is 6.61 Å². The van der Waals surface area contributed by atoms with Crippen LogP contribution in [0.3, 0.4) is 0 Å². The molecule has 1 heterocycles. The Kier molecular flexibility index (Phi) is 4.62. The normalized spacial score (nSPS) is 13.5. The summed E-state index contributed by atoms with van der Waals surface area (Å²) < 4.78 is 23.8. The van der Waals surface area contributed by atoms with Gasteiger partial charge in [0.2, 0.25) is 0 Å². The van der Waals surface area contributed by atoms with Crippen LogP contribution in [0.25, 0.3) is 11.0 Å². The van der Waals surface area contributed by atoms with Crippen LogP contribution in [0.5, 0.6) is 5.75 Å². The number of halogens is 1. The molecular formula is C21H18FNO4. The number of carbonyl (C=O) groups excluding carboxylic acids is 1. The van der Waals surface area contributed by atoms with Gasteiger partial charge in [0, 0.05) is 30.1 Å². The maximum absolute atomic E-state index is 13.1. The van der Waals surface area contributed by atoms with Crippen molar-refractivity contribution in [1.29, 1.82) is 0 Å². The highest BCUT2D eigenvalue weighted by Gasteiger charge is 2.32. The van der Waals surface area contributed by atoms with Gasteiger partial charge in [0.15, 0.2) is 6.61 Å². The average molecular weight is 367 g/mol. The molecule has 2 aromatic carbocycles. The largest absolute Gasteiger partial charge is 0.484 e. The number of carbonyl (C=O) groups is 1. The van der Waals surface area contributed by atoms with E-state index in [2.05, 4.69) is 0 Å². The number of fused-ring (bicyclic) bond motifs is 1. The molecule has 1 aliphatic carbocycles. The Labute approximate surface area is 155 Å². The molecule has 3 aromatic rings. The highest BCUT2D eigenvalue weighted by Crippen LogP contribution is 2.29. The second kappa shape index (κ2) is 7.23. The maximum Gasteiger partial charge on any atom is 0.336 e. The SMILES string of the molecule is O=C(COc1ccc2ccc(=O)oc2c1)N(Cc1ccc(F)cc1)C1CC1. The second-order valence-electron chi connectivity index (χ2n) is 6.62. The quantitative estimate of drug-likeness (QED) is 0.626. The molecule has 138 valence electrons. The first-order valence-electron chi connectivity index (χ1n) is 8.79. The summed E-state index contributed by atoms with van der Waals surface area (Å²) in [7, 11) is 0. The third-order valence-corrected chi connectivity index (χ3v) is 4.53.